The van der Waals surface area contributed by atoms with E-state index >= 15 is 0 Å². The molecule has 0 radical (unpaired) electrons. The van der Waals surface area contributed by atoms with Crippen molar-refractivity contribution >= 4 is 93.3 Å². The summed E-state index contributed by atoms with van der Waals surface area (Å²) in [6.07, 6.45) is -4.00. The fourth-order valence-corrected chi connectivity index (χ4v) is 11.3. The summed E-state index contributed by atoms with van der Waals surface area (Å²) >= 11 is 0. The molecule has 0 atom stereocenters. The second-order valence-electron chi connectivity index (χ2n) is 27.5. The molecular weight excluding hydrogens is 1630 g/mol. The van der Waals surface area contributed by atoms with Gasteiger partial charge in [0.15, 0.2) is 0 Å². The van der Waals surface area contributed by atoms with Crippen molar-refractivity contribution < 1.29 is 92.4 Å². The molecule has 0 bridgehead atoms. The summed E-state index contributed by atoms with van der Waals surface area (Å²) in [7, 11) is 0. The van der Waals surface area contributed by atoms with Crippen molar-refractivity contribution in [2.45, 2.75) is 107 Å². The highest BCUT2D eigenvalue weighted by Gasteiger charge is 2.33. The fraction of sp³-hybridized carbons (Fsp3) is 0.182. The van der Waals surface area contributed by atoms with E-state index in [2.05, 4.69) is 82.4 Å². The van der Waals surface area contributed by atoms with Gasteiger partial charge in [-0.1, -0.05) is 60.2 Å². The Morgan fingerprint density at radius 1 is 0.315 bits per heavy atom. The number of nitrogens with zero attached hydrogens (tertiary/aromatic N) is 8. The molecule has 640 valence electrons. The third kappa shape index (κ3) is 30.1. The number of carbonyl (C=O) groups is 8. The molecule has 8 aromatic carbocycles. The molecule has 0 unspecified atom stereocenters. The second kappa shape index (κ2) is 42.9. The van der Waals surface area contributed by atoms with E-state index in [1.54, 1.807) is 87.5 Å². The van der Waals surface area contributed by atoms with Crippen molar-refractivity contribution in [1.29, 1.82) is 0 Å². The smallest absolute Gasteiger partial charge is 0.416 e. The minimum absolute atomic E-state index is 0.0668. The zero-order valence-electron chi connectivity index (χ0n) is 68.0. The maximum atomic E-state index is 13.7. The van der Waals surface area contributed by atoms with Crippen LogP contribution in [0.25, 0.3) is 0 Å². The van der Waals surface area contributed by atoms with Crippen LogP contribution in [0.1, 0.15) is 94.5 Å². The Labute approximate surface area is 704 Å². The lowest BCUT2D eigenvalue weighted by Gasteiger charge is -2.13. The Balaban J connectivity index is 0.000000188. The van der Waals surface area contributed by atoms with Gasteiger partial charge in [0.25, 0.3) is 0 Å². The van der Waals surface area contributed by atoms with Crippen molar-refractivity contribution in [2.24, 2.45) is 0 Å². The Kier molecular flexibility index (Phi) is 32.0. The minimum Gasteiger partial charge on any atom is -0.439 e. The van der Waals surface area contributed by atoms with Gasteiger partial charge in [-0.25, -0.2) is 48.7 Å². The number of anilines is 8. The van der Waals surface area contributed by atoms with Gasteiger partial charge in [-0.2, -0.15) is 26.3 Å². The first-order valence-corrected chi connectivity index (χ1v) is 37.3. The van der Waals surface area contributed by atoms with E-state index in [1.165, 1.54) is 115 Å². The number of alkyl halides is 6. The largest absolute Gasteiger partial charge is 0.439 e. The van der Waals surface area contributed by atoms with Crippen molar-refractivity contribution in [3.63, 3.8) is 0 Å². The number of carbonyl (C=O) groups excluding carboxylic acids is 8. The summed E-state index contributed by atoms with van der Waals surface area (Å²) < 4.78 is 127. The quantitative estimate of drug-likeness (QED) is 0.0260. The van der Waals surface area contributed by atoms with Crippen molar-refractivity contribution in [2.75, 3.05) is 42.5 Å². The summed E-state index contributed by atoms with van der Waals surface area (Å²) in [6, 6.07) is 45.4. The van der Waals surface area contributed by atoms with Gasteiger partial charge in [-0.05, 0) is 189 Å². The molecule has 0 aliphatic carbocycles. The van der Waals surface area contributed by atoms with E-state index in [4.69, 9.17) is 18.9 Å². The number of aryl methyl sites for hydroxylation is 6. The minimum atomic E-state index is -4.48. The van der Waals surface area contributed by atoms with E-state index in [-0.39, 0.29) is 94.9 Å². The molecule has 36 heteroatoms. The number of rotatable bonds is 24. The average Bonchev–Trinajstić information content (AvgIpc) is 0.832. The van der Waals surface area contributed by atoms with Crippen LogP contribution < -0.4 is 61.5 Å². The lowest BCUT2D eigenvalue weighted by atomic mass is 10.0. The van der Waals surface area contributed by atoms with Crippen LogP contribution in [0.2, 0.25) is 0 Å². The maximum absolute atomic E-state index is 13.7. The first kappa shape index (κ1) is 92.4. The Bertz CT molecular complexity index is 5910. The van der Waals surface area contributed by atoms with Gasteiger partial charge < -0.3 is 61.5 Å². The molecule has 0 aliphatic rings. The Morgan fingerprint density at radius 2 is 0.645 bits per heavy atom. The van der Waals surface area contributed by atoms with Crippen molar-refractivity contribution in [1.82, 2.24) is 39.9 Å². The molecule has 0 saturated carbocycles. The number of hydrogen-bond acceptors (Lipinski definition) is 20. The molecule has 0 aliphatic heterocycles. The van der Waals surface area contributed by atoms with Crippen LogP contribution in [0.5, 0.6) is 46.5 Å². The molecule has 4 aromatic heterocycles. The molecule has 0 saturated heterocycles. The summed E-state index contributed by atoms with van der Waals surface area (Å²) in [5.74, 6) is 0.298. The third-order valence-electron chi connectivity index (χ3n) is 17.0. The highest BCUT2D eigenvalue weighted by atomic mass is 19.4. The summed E-state index contributed by atoms with van der Waals surface area (Å²) in [5, 5.41) is 21.2. The number of nitrogens with one attached hydrogen (secondary N) is 8. The lowest BCUT2D eigenvalue weighted by molar-refractivity contribution is -0.138. The number of benzene rings is 8. The molecule has 8 amide bonds. The molecule has 8 N–H and O–H groups in total. The van der Waals surface area contributed by atoms with Gasteiger partial charge in [0, 0.05) is 80.8 Å². The van der Waals surface area contributed by atoms with Crippen molar-refractivity contribution in [3.8, 4) is 46.5 Å². The average molecular weight is 1710 g/mol. The van der Waals surface area contributed by atoms with Crippen LogP contribution in [0.15, 0.2) is 207 Å². The number of halogens is 8. The maximum Gasteiger partial charge on any atom is 0.416 e. The molecular formula is C88H80F8N16O12. The van der Waals surface area contributed by atoms with E-state index < -0.39 is 46.9 Å². The highest BCUT2D eigenvalue weighted by molar-refractivity contribution is 5.96. The predicted octanol–water partition coefficient (Wildman–Crippen LogP) is 17.8. The highest BCUT2D eigenvalue weighted by Crippen LogP contribution is 2.35. The molecule has 12 aromatic rings. The number of aromatic nitrogens is 8. The molecule has 4 heterocycles. The van der Waals surface area contributed by atoms with E-state index in [0.717, 1.165) is 52.7 Å². The van der Waals surface area contributed by atoms with E-state index in [0.29, 0.717) is 92.1 Å². The van der Waals surface area contributed by atoms with Crippen LogP contribution in [0.3, 0.4) is 0 Å². The number of amides is 8. The van der Waals surface area contributed by atoms with Gasteiger partial charge in [-0.3, -0.25) is 38.4 Å². The molecule has 28 nitrogen and oxygen atoms in total. The zero-order chi connectivity index (χ0) is 90.0. The summed E-state index contributed by atoms with van der Waals surface area (Å²) in [6.45, 7) is 16.0. The predicted molar refractivity (Wildman–Crippen MR) is 445 cm³/mol. The normalized spacial score (nSPS) is 10.7. The van der Waals surface area contributed by atoms with Crippen LogP contribution in [-0.2, 0) is 76.4 Å². The lowest BCUT2D eigenvalue weighted by Crippen LogP contribution is -2.16. The second-order valence-corrected chi connectivity index (χ2v) is 27.5. The summed E-state index contributed by atoms with van der Waals surface area (Å²) in [4.78, 5) is 126. The molecule has 0 fully saturated rings. The SMILES string of the molecule is CC(=O)Nc1cc(Oc2ccc(NC(=O)Cc3ccc(C(F)(F)F)cc3)c(C)c2)ncn1.CC(=O)Nc1cc(Oc2ccc(NC(=O)Cc3ccc(C)c(C(F)(F)F)c3)c(C)c2)ncn1.CC(=O)Nc1cc(Oc2ccc(NC(=O)Cc3ccc(F)cc3F)c(C)c2)ncn1.CC(=O)Nc1cc(Oc2ccc(NC(=O)Cc3cccc(C)c3)c(C)c2)ncn1. The summed E-state index contributed by atoms with van der Waals surface area (Å²) in [5.41, 5.74) is 6.74. The Hall–Kier alpha value is -15.5. The zero-order valence-corrected chi connectivity index (χ0v) is 68.0. The first-order valence-electron chi connectivity index (χ1n) is 37.3. The number of ether oxygens (including phenoxy) is 4. The van der Waals surface area contributed by atoms with Crippen molar-refractivity contribution in [3.05, 3.63) is 286 Å². The first-order chi connectivity index (χ1) is 58.8. The van der Waals surface area contributed by atoms with Crippen LogP contribution in [-0.4, -0.2) is 87.1 Å². The fourth-order valence-electron chi connectivity index (χ4n) is 11.3. The van der Waals surface area contributed by atoms with Crippen LogP contribution >= 0.6 is 0 Å². The Morgan fingerprint density at radius 3 is 0.960 bits per heavy atom. The van der Waals surface area contributed by atoms with Gasteiger partial charge in [-0.15, -0.1) is 0 Å². The molecule has 12 rings (SSSR count). The van der Waals surface area contributed by atoms with Gasteiger partial charge >= 0.3 is 12.4 Å². The third-order valence-corrected chi connectivity index (χ3v) is 17.0. The number of hydrogen-bond donors (Lipinski definition) is 8. The van der Waals surface area contributed by atoms with Crippen LogP contribution in [0.4, 0.5) is 81.1 Å². The van der Waals surface area contributed by atoms with Crippen LogP contribution in [0, 0.1) is 53.2 Å². The van der Waals surface area contributed by atoms with Gasteiger partial charge in [0.05, 0.1) is 36.8 Å². The topological polar surface area (TPSA) is 373 Å². The molecule has 124 heavy (non-hydrogen) atoms. The standard InChI is InChI=1S/C23H21F3N4O3.C22H19F3N4O3.C22H22N4O3.C21H18F2N4O3/c1-13-4-5-16(9-18(13)23(24,25)26)10-21(32)30-19-7-6-17(8-14(19)2)33-22-11-20(27-12-28-22)29-15(3)31;1-13-9-17(32-21-11-19(26-12-27-21)28-14(2)30)7-8-18(13)29-20(31)10-15-3-5-16(6-4-15)22(23,24)25;1-14-5-4-6-17(9-14)11-21(28)26-19-8-7-18(10-15(19)2)29-22-12-20(23-13-24-22)25-16(3)27;1-12-7-16(30-21-10-19(24-11-25-21)26-13(2)28)5-6-18(12)27-20(29)8-14-3-4-15(22)9-17(14)23/h4-9,11-12H,10H2,1-3H3,(H,30,32)(H,27,28,29,31);3-9,11-12H,10H2,1-2H3,(H,29,31)(H,26,27,28,30);4-10,12-13H,11H2,1-3H3,(H,26,28)(H,23,24,25,27);3-7,9-11H,8H2,1-2H3,(H,27,29)(H,24,25,26,28). The van der Waals surface area contributed by atoms with E-state index in [1.807, 2.05) is 44.2 Å². The van der Waals surface area contributed by atoms with Gasteiger partial charge in [0.1, 0.15) is 83.2 Å². The van der Waals surface area contributed by atoms with Gasteiger partial charge in [0.2, 0.25) is 70.8 Å². The monoisotopic (exact) mass is 1700 g/mol. The van der Waals surface area contributed by atoms with E-state index in [9.17, 15) is 73.5 Å². The molecule has 0 spiro atoms.